The number of aryl methyl sites for hydroxylation is 1. The Bertz CT molecular complexity index is 261. The van der Waals surface area contributed by atoms with E-state index in [4.69, 9.17) is 10.4 Å². The largest absolute Gasteiger partial charge is 0.396 e. The molecule has 0 fully saturated rings. The first-order valence-corrected chi connectivity index (χ1v) is 4.33. The van der Waals surface area contributed by atoms with Gasteiger partial charge in [-0.05, 0) is 18.9 Å². The lowest BCUT2D eigenvalue weighted by Gasteiger charge is -1.90. The summed E-state index contributed by atoms with van der Waals surface area (Å²) in [5.41, 5.74) is 0.725. The van der Waals surface area contributed by atoms with E-state index < -0.39 is 0 Å². The Balaban J connectivity index is 2.53. The quantitative estimate of drug-likeness (QED) is 0.742. The number of aliphatic hydroxyl groups excluding tert-OH is 1. The van der Waals surface area contributed by atoms with Crippen LogP contribution in [-0.4, -0.2) is 11.7 Å². The Kier molecular flexibility index (Phi) is 3.09. The van der Waals surface area contributed by atoms with Gasteiger partial charge in [-0.1, -0.05) is 0 Å². The molecule has 0 aliphatic rings. The highest BCUT2D eigenvalue weighted by Gasteiger charge is 1.97. The number of aliphatic hydroxyl groups is 1. The molecule has 1 heterocycles. The first-order chi connectivity index (χ1) is 5.36. The fourth-order valence-electron chi connectivity index (χ4n) is 0.824. The van der Waals surface area contributed by atoms with Gasteiger partial charge in [-0.2, -0.15) is 5.26 Å². The second-order valence-electron chi connectivity index (χ2n) is 2.24. The third kappa shape index (κ3) is 2.34. The molecular weight excluding hydrogens is 158 g/mol. The highest BCUT2D eigenvalue weighted by Crippen LogP contribution is 2.15. The van der Waals surface area contributed by atoms with Gasteiger partial charge in [0.15, 0.2) is 0 Å². The molecule has 0 bridgehead atoms. The van der Waals surface area contributed by atoms with Gasteiger partial charge in [0.1, 0.15) is 0 Å². The zero-order valence-corrected chi connectivity index (χ0v) is 6.90. The second-order valence-corrected chi connectivity index (χ2v) is 3.24. The van der Waals surface area contributed by atoms with Crippen LogP contribution in [0.25, 0.3) is 0 Å². The maximum Gasteiger partial charge on any atom is 0.1000 e. The Morgan fingerprint density at radius 2 is 2.45 bits per heavy atom. The summed E-state index contributed by atoms with van der Waals surface area (Å²) in [4.78, 5) is 1.18. The fourth-order valence-corrected chi connectivity index (χ4v) is 1.68. The van der Waals surface area contributed by atoms with Crippen molar-refractivity contribution >= 4 is 11.3 Å². The minimum absolute atomic E-state index is 0.222. The summed E-state index contributed by atoms with van der Waals surface area (Å²) in [5, 5.41) is 18.9. The molecule has 2 nitrogen and oxygen atoms in total. The maximum absolute atomic E-state index is 8.53. The van der Waals surface area contributed by atoms with Crippen LogP contribution in [0.4, 0.5) is 0 Å². The van der Waals surface area contributed by atoms with Crippen molar-refractivity contribution in [3.63, 3.8) is 0 Å². The summed E-state index contributed by atoms with van der Waals surface area (Å²) in [6.45, 7) is 0.222. The Labute approximate surface area is 69.7 Å². The van der Waals surface area contributed by atoms with Gasteiger partial charge in [-0.15, -0.1) is 11.3 Å². The molecule has 0 radical (unpaired) electrons. The Morgan fingerprint density at radius 3 is 3.00 bits per heavy atom. The van der Waals surface area contributed by atoms with Gasteiger partial charge in [0.2, 0.25) is 0 Å². The Hall–Kier alpha value is -0.850. The molecule has 1 rings (SSSR count). The van der Waals surface area contributed by atoms with E-state index in [-0.39, 0.29) is 6.61 Å². The van der Waals surface area contributed by atoms with Crippen LogP contribution in [0, 0.1) is 11.3 Å². The summed E-state index contributed by atoms with van der Waals surface area (Å²) >= 11 is 1.58. The molecule has 3 heteroatoms. The molecule has 1 aromatic heterocycles. The van der Waals surface area contributed by atoms with Crippen molar-refractivity contribution in [2.45, 2.75) is 12.8 Å². The van der Waals surface area contributed by atoms with E-state index >= 15 is 0 Å². The minimum Gasteiger partial charge on any atom is -0.396 e. The fraction of sp³-hybridized carbons (Fsp3) is 0.375. The SMILES string of the molecule is N#Cc1csc(CCCO)c1. The lowest BCUT2D eigenvalue weighted by molar-refractivity contribution is 0.289. The van der Waals surface area contributed by atoms with Gasteiger partial charge in [-0.3, -0.25) is 0 Å². The van der Waals surface area contributed by atoms with Crippen molar-refractivity contribution in [1.29, 1.82) is 5.26 Å². The van der Waals surface area contributed by atoms with Gasteiger partial charge in [0.25, 0.3) is 0 Å². The number of nitriles is 1. The van der Waals surface area contributed by atoms with Crippen molar-refractivity contribution in [1.82, 2.24) is 0 Å². The molecule has 1 aromatic rings. The molecule has 0 aliphatic heterocycles. The summed E-state index contributed by atoms with van der Waals surface area (Å²) < 4.78 is 0. The van der Waals surface area contributed by atoms with Crippen LogP contribution >= 0.6 is 11.3 Å². The molecule has 0 atom stereocenters. The maximum atomic E-state index is 8.53. The Morgan fingerprint density at radius 1 is 1.64 bits per heavy atom. The van der Waals surface area contributed by atoms with Crippen molar-refractivity contribution in [3.05, 3.63) is 21.9 Å². The standard InChI is InChI=1S/C8H9NOS/c9-5-7-4-8(11-6-7)2-1-3-10/h4,6,10H,1-3H2. The summed E-state index contributed by atoms with van der Waals surface area (Å²) in [6, 6.07) is 3.95. The van der Waals surface area contributed by atoms with Gasteiger partial charge in [0.05, 0.1) is 11.6 Å². The highest BCUT2D eigenvalue weighted by molar-refractivity contribution is 7.10. The first kappa shape index (κ1) is 8.25. The van der Waals surface area contributed by atoms with Crippen LogP contribution in [0.15, 0.2) is 11.4 Å². The van der Waals surface area contributed by atoms with Crippen LogP contribution in [0.2, 0.25) is 0 Å². The van der Waals surface area contributed by atoms with Gasteiger partial charge in [0, 0.05) is 16.9 Å². The minimum atomic E-state index is 0.222. The molecule has 0 saturated carbocycles. The highest BCUT2D eigenvalue weighted by atomic mass is 32.1. The monoisotopic (exact) mass is 167 g/mol. The molecule has 0 aliphatic carbocycles. The number of hydrogen-bond acceptors (Lipinski definition) is 3. The predicted molar refractivity (Wildman–Crippen MR) is 44.4 cm³/mol. The van der Waals surface area contributed by atoms with Crippen LogP contribution < -0.4 is 0 Å². The molecular formula is C8H9NOS. The molecule has 11 heavy (non-hydrogen) atoms. The zero-order valence-electron chi connectivity index (χ0n) is 6.08. The molecule has 0 saturated heterocycles. The van der Waals surface area contributed by atoms with Crippen LogP contribution in [0.1, 0.15) is 16.9 Å². The van der Waals surface area contributed by atoms with Gasteiger partial charge in [-0.25, -0.2) is 0 Å². The van der Waals surface area contributed by atoms with Crippen LogP contribution in [-0.2, 0) is 6.42 Å². The summed E-state index contributed by atoms with van der Waals surface area (Å²) in [5.74, 6) is 0. The normalized spacial score (nSPS) is 9.45. The predicted octanol–water partition coefficient (Wildman–Crippen LogP) is 1.54. The van der Waals surface area contributed by atoms with Crippen molar-refractivity contribution in [3.8, 4) is 6.07 Å². The average molecular weight is 167 g/mol. The molecule has 0 amide bonds. The van der Waals surface area contributed by atoms with E-state index in [1.807, 2.05) is 11.4 Å². The zero-order chi connectivity index (χ0) is 8.10. The van der Waals surface area contributed by atoms with Gasteiger partial charge < -0.3 is 5.11 Å². The smallest absolute Gasteiger partial charge is 0.1000 e. The second kappa shape index (κ2) is 4.12. The summed E-state index contributed by atoms with van der Waals surface area (Å²) in [7, 11) is 0. The molecule has 0 spiro atoms. The first-order valence-electron chi connectivity index (χ1n) is 3.45. The summed E-state index contributed by atoms with van der Waals surface area (Å²) in [6.07, 6.45) is 1.66. The van der Waals surface area contributed by atoms with Crippen LogP contribution in [0.5, 0.6) is 0 Å². The van der Waals surface area contributed by atoms with Crippen molar-refractivity contribution in [2.75, 3.05) is 6.61 Å². The number of nitrogens with zero attached hydrogens (tertiary/aromatic N) is 1. The lowest BCUT2D eigenvalue weighted by Crippen LogP contribution is -1.85. The third-order valence-corrected chi connectivity index (χ3v) is 2.36. The number of hydrogen-bond donors (Lipinski definition) is 1. The van der Waals surface area contributed by atoms with Gasteiger partial charge >= 0.3 is 0 Å². The molecule has 0 aromatic carbocycles. The van der Waals surface area contributed by atoms with E-state index in [1.54, 1.807) is 11.3 Å². The molecule has 58 valence electrons. The van der Waals surface area contributed by atoms with E-state index in [1.165, 1.54) is 4.88 Å². The van der Waals surface area contributed by atoms with E-state index in [0.717, 1.165) is 18.4 Å². The van der Waals surface area contributed by atoms with E-state index in [2.05, 4.69) is 6.07 Å². The molecule has 0 unspecified atom stereocenters. The number of rotatable bonds is 3. The lowest BCUT2D eigenvalue weighted by atomic mass is 10.2. The third-order valence-electron chi connectivity index (χ3n) is 1.36. The van der Waals surface area contributed by atoms with Crippen molar-refractivity contribution in [2.24, 2.45) is 0 Å². The van der Waals surface area contributed by atoms with E-state index in [0.29, 0.717) is 0 Å². The number of thiophene rings is 1. The van der Waals surface area contributed by atoms with Crippen LogP contribution in [0.3, 0.4) is 0 Å². The molecule has 1 N–H and O–H groups in total. The van der Waals surface area contributed by atoms with Crippen molar-refractivity contribution < 1.29 is 5.11 Å². The average Bonchev–Trinajstić information content (AvgIpc) is 2.48. The van der Waals surface area contributed by atoms with E-state index in [9.17, 15) is 0 Å². The topological polar surface area (TPSA) is 44.0 Å².